The zero-order chi connectivity index (χ0) is 10.8. The molecule has 1 amide bonds. The van der Waals surface area contributed by atoms with E-state index in [2.05, 4.69) is 5.32 Å². The van der Waals surface area contributed by atoms with Crippen molar-refractivity contribution in [3.63, 3.8) is 0 Å². The highest BCUT2D eigenvalue weighted by Crippen LogP contribution is 2.23. The van der Waals surface area contributed by atoms with Gasteiger partial charge >= 0.3 is 0 Å². The average molecular weight is 205 g/mol. The van der Waals surface area contributed by atoms with Gasteiger partial charge in [0.25, 0.3) is 5.91 Å². The first-order valence-corrected chi connectivity index (χ1v) is 5.17. The third-order valence-corrected chi connectivity index (χ3v) is 2.66. The maximum Gasteiger partial charge on any atom is 0.251 e. The first-order chi connectivity index (χ1) is 7.22. The van der Waals surface area contributed by atoms with E-state index in [0.717, 1.165) is 24.2 Å². The van der Waals surface area contributed by atoms with Crippen molar-refractivity contribution in [3.05, 3.63) is 29.3 Å². The molecule has 0 unspecified atom stereocenters. The second-order valence-corrected chi connectivity index (χ2v) is 3.88. The van der Waals surface area contributed by atoms with Crippen LogP contribution in [-0.2, 0) is 0 Å². The van der Waals surface area contributed by atoms with Crippen molar-refractivity contribution in [3.8, 4) is 5.75 Å². The van der Waals surface area contributed by atoms with Crippen LogP contribution in [0.15, 0.2) is 18.2 Å². The molecule has 15 heavy (non-hydrogen) atoms. The molecule has 0 aromatic heterocycles. The Kier molecular flexibility index (Phi) is 2.62. The third-order valence-electron chi connectivity index (χ3n) is 2.66. The number of carbonyl (C=O) groups is 1. The molecule has 0 bridgehead atoms. The van der Waals surface area contributed by atoms with E-state index in [9.17, 15) is 4.79 Å². The fraction of sp³-hybridized carbons (Fsp3) is 0.417. The monoisotopic (exact) mass is 205 g/mol. The van der Waals surface area contributed by atoms with Gasteiger partial charge in [0.15, 0.2) is 0 Å². The van der Waals surface area contributed by atoms with Crippen LogP contribution in [0.5, 0.6) is 5.75 Å². The molecule has 1 aromatic rings. The summed E-state index contributed by atoms with van der Waals surface area (Å²) in [5.41, 5.74) is 1.61. The Bertz CT molecular complexity index is 383. The van der Waals surface area contributed by atoms with E-state index in [4.69, 9.17) is 4.74 Å². The quantitative estimate of drug-likeness (QED) is 0.818. The third kappa shape index (κ3) is 2.12. The van der Waals surface area contributed by atoms with E-state index < -0.39 is 0 Å². The Morgan fingerprint density at radius 3 is 2.80 bits per heavy atom. The van der Waals surface area contributed by atoms with Crippen LogP contribution in [0.1, 0.15) is 28.8 Å². The van der Waals surface area contributed by atoms with Crippen LogP contribution in [0.25, 0.3) is 0 Å². The molecule has 1 aromatic carbocycles. The summed E-state index contributed by atoms with van der Waals surface area (Å²) in [7, 11) is 1.62. The van der Waals surface area contributed by atoms with Crippen molar-refractivity contribution in [2.24, 2.45) is 0 Å². The molecule has 3 nitrogen and oxygen atoms in total. The minimum atomic E-state index is 0.00824. The summed E-state index contributed by atoms with van der Waals surface area (Å²) in [5.74, 6) is 0.771. The number of carbonyl (C=O) groups excluding carboxylic acids is 1. The molecule has 1 aliphatic rings. The molecular weight excluding hydrogens is 190 g/mol. The zero-order valence-corrected chi connectivity index (χ0v) is 9.04. The van der Waals surface area contributed by atoms with Crippen molar-refractivity contribution in [2.75, 3.05) is 7.11 Å². The Labute approximate surface area is 89.4 Å². The Morgan fingerprint density at radius 1 is 1.47 bits per heavy atom. The molecule has 0 aliphatic heterocycles. The minimum absolute atomic E-state index is 0.00824. The molecular formula is C12H15NO2. The largest absolute Gasteiger partial charge is 0.496 e. The van der Waals surface area contributed by atoms with E-state index in [0.29, 0.717) is 11.6 Å². The summed E-state index contributed by atoms with van der Waals surface area (Å²) >= 11 is 0. The molecule has 80 valence electrons. The van der Waals surface area contributed by atoms with Crippen molar-refractivity contribution >= 4 is 5.91 Å². The van der Waals surface area contributed by atoms with Crippen molar-refractivity contribution in [2.45, 2.75) is 25.8 Å². The average Bonchev–Trinajstić information content (AvgIpc) is 3.02. The maximum atomic E-state index is 11.8. The number of hydrogen-bond acceptors (Lipinski definition) is 2. The van der Waals surface area contributed by atoms with Gasteiger partial charge in [-0.15, -0.1) is 0 Å². The number of benzene rings is 1. The highest BCUT2D eigenvalue weighted by atomic mass is 16.5. The molecule has 0 heterocycles. The van der Waals surface area contributed by atoms with Crippen LogP contribution in [0.2, 0.25) is 0 Å². The van der Waals surface area contributed by atoms with Gasteiger partial charge in [0.2, 0.25) is 0 Å². The second kappa shape index (κ2) is 3.93. The summed E-state index contributed by atoms with van der Waals surface area (Å²) in [4.78, 5) is 11.8. The van der Waals surface area contributed by atoms with Gasteiger partial charge in [-0.2, -0.15) is 0 Å². The first kappa shape index (κ1) is 10.0. The number of methoxy groups -OCH3 is 1. The van der Waals surface area contributed by atoms with Crippen molar-refractivity contribution in [1.29, 1.82) is 0 Å². The standard InChI is InChI=1S/C12H15NO2/c1-8-10(4-3-5-11(8)15-2)12(14)13-9-6-7-9/h3-5,9H,6-7H2,1-2H3,(H,13,14). The number of hydrogen-bond donors (Lipinski definition) is 1. The van der Waals surface area contributed by atoms with Gasteiger partial charge < -0.3 is 10.1 Å². The lowest BCUT2D eigenvalue weighted by atomic mass is 10.1. The lowest BCUT2D eigenvalue weighted by Gasteiger charge is -2.09. The summed E-state index contributed by atoms with van der Waals surface area (Å²) in [6.07, 6.45) is 2.21. The SMILES string of the molecule is COc1cccc(C(=O)NC2CC2)c1C. The van der Waals surface area contributed by atoms with E-state index in [1.807, 2.05) is 25.1 Å². The number of rotatable bonds is 3. The minimum Gasteiger partial charge on any atom is -0.496 e. The fourth-order valence-corrected chi connectivity index (χ4v) is 1.57. The van der Waals surface area contributed by atoms with Gasteiger partial charge in [0.1, 0.15) is 5.75 Å². The van der Waals surface area contributed by atoms with E-state index in [1.54, 1.807) is 7.11 Å². The predicted molar refractivity (Wildman–Crippen MR) is 58.2 cm³/mol. The lowest BCUT2D eigenvalue weighted by molar-refractivity contribution is 0.0950. The van der Waals surface area contributed by atoms with Gasteiger partial charge in [-0.3, -0.25) is 4.79 Å². The predicted octanol–water partition coefficient (Wildman–Crippen LogP) is 1.90. The number of amides is 1. The van der Waals surface area contributed by atoms with E-state index >= 15 is 0 Å². The topological polar surface area (TPSA) is 38.3 Å². The lowest BCUT2D eigenvalue weighted by Crippen LogP contribution is -2.26. The van der Waals surface area contributed by atoms with Crippen LogP contribution in [0, 0.1) is 6.92 Å². The van der Waals surface area contributed by atoms with Crippen molar-refractivity contribution < 1.29 is 9.53 Å². The van der Waals surface area contributed by atoms with Gasteiger partial charge in [-0.1, -0.05) is 6.07 Å². The Morgan fingerprint density at radius 2 is 2.20 bits per heavy atom. The van der Waals surface area contributed by atoms with E-state index in [1.165, 1.54) is 0 Å². The highest BCUT2D eigenvalue weighted by Gasteiger charge is 2.24. The Hall–Kier alpha value is -1.51. The summed E-state index contributed by atoms with van der Waals surface area (Å²) in [6.45, 7) is 1.90. The summed E-state index contributed by atoms with van der Waals surface area (Å²) < 4.78 is 5.18. The maximum absolute atomic E-state index is 11.8. The summed E-state index contributed by atoms with van der Waals surface area (Å²) in [6, 6.07) is 5.93. The zero-order valence-electron chi connectivity index (χ0n) is 9.04. The molecule has 3 heteroatoms. The molecule has 0 radical (unpaired) electrons. The van der Waals surface area contributed by atoms with Gasteiger partial charge in [0.05, 0.1) is 7.11 Å². The molecule has 0 atom stereocenters. The molecule has 0 saturated heterocycles. The first-order valence-electron chi connectivity index (χ1n) is 5.17. The van der Waals surface area contributed by atoms with Crippen molar-refractivity contribution in [1.82, 2.24) is 5.32 Å². The van der Waals surface area contributed by atoms with Crippen LogP contribution >= 0.6 is 0 Å². The van der Waals surface area contributed by atoms with E-state index in [-0.39, 0.29) is 5.91 Å². The Balaban J connectivity index is 2.22. The molecule has 0 spiro atoms. The number of ether oxygens (including phenoxy) is 1. The van der Waals surface area contributed by atoms with Gasteiger partial charge in [0, 0.05) is 17.2 Å². The second-order valence-electron chi connectivity index (χ2n) is 3.88. The molecule has 1 N–H and O–H groups in total. The molecule has 2 rings (SSSR count). The van der Waals surface area contributed by atoms with Crippen LogP contribution < -0.4 is 10.1 Å². The number of nitrogens with one attached hydrogen (secondary N) is 1. The summed E-state index contributed by atoms with van der Waals surface area (Å²) in [5, 5.41) is 2.97. The van der Waals surface area contributed by atoms with Crippen LogP contribution in [0.4, 0.5) is 0 Å². The van der Waals surface area contributed by atoms with Gasteiger partial charge in [-0.25, -0.2) is 0 Å². The fourth-order valence-electron chi connectivity index (χ4n) is 1.57. The smallest absolute Gasteiger partial charge is 0.251 e. The molecule has 1 aliphatic carbocycles. The molecule has 1 saturated carbocycles. The highest BCUT2D eigenvalue weighted by molar-refractivity contribution is 5.96. The molecule has 1 fully saturated rings. The van der Waals surface area contributed by atoms with Gasteiger partial charge in [-0.05, 0) is 31.9 Å². The van der Waals surface area contributed by atoms with Crippen LogP contribution in [0.3, 0.4) is 0 Å². The van der Waals surface area contributed by atoms with Crippen LogP contribution in [-0.4, -0.2) is 19.1 Å². The normalized spacial score (nSPS) is 14.8.